The summed E-state index contributed by atoms with van der Waals surface area (Å²) in [5, 5.41) is 4.13. The molecular weight excluding hydrogens is 411 g/mol. The van der Waals surface area contributed by atoms with Crippen LogP contribution >= 0.6 is 35.7 Å². The number of halogens is 1. The number of benzene rings is 1. The van der Waals surface area contributed by atoms with E-state index in [1.165, 1.54) is 6.33 Å². The van der Waals surface area contributed by atoms with Crippen molar-refractivity contribution in [2.75, 3.05) is 24.6 Å². The average Bonchev–Trinajstić information content (AvgIpc) is 3.08. The highest BCUT2D eigenvalue weighted by Crippen LogP contribution is 2.11. The lowest BCUT2D eigenvalue weighted by Gasteiger charge is -2.27. The van der Waals surface area contributed by atoms with Gasteiger partial charge in [-0.3, -0.25) is 0 Å². The van der Waals surface area contributed by atoms with E-state index in [4.69, 9.17) is 5.73 Å². The third kappa shape index (κ3) is 4.35. The number of rotatable bonds is 3. The maximum absolute atomic E-state index is 6.07. The van der Waals surface area contributed by atoms with Crippen LogP contribution in [0.25, 0.3) is 5.69 Å². The van der Waals surface area contributed by atoms with E-state index in [1.807, 2.05) is 30.0 Å². The van der Waals surface area contributed by atoms with Gasteiger partial charge in [-0.2, -0.15) is 16.9 Å². The molecule has 22 heavy (non-hydrogen) atoms. The first-order chi connectivity index (χ1) is 10.3. The first kappa shape index (κ1) is 17.1. The zero-order valence-corrected chi connectivity index (χ0v) is 15.3. The summed E-state index contributed by atoms with van der Waals surface area (Å²) in [7, 11) is 0. The van der Waals surface area contributed by atoms with Crippen molar-refractivity contribution in [3.63, 3.8) is 0 Å². The van der Waals surface area contributed by atoms with Crippen LogP contribution in [0.1, 0.15) is 5.56 Å². The Labute approximate surface area is 151 Å². The third-order valence-electron chi connectivity index (χ3n) is 3.35. The Morgan fingerprint density at radius 1 is 1.32 bits per heavy atom. The molecule has 2 aromatic rings. The number of aliphatic imine (C=N–C) groups is 1. The van der Waals surface area contributed by atoms with Crippen LogP contribution in [0.5, 0.6) is 0 Å². The topological polar surface area (TPSA) is 72.3 Å². The fourth-order valence-electron chi connectivity index (χ4n) is 2.20. The molecule has 0 amide bonds. The predicted molar refractivity (Wildman–Crippen MR) is 101 cm³/mol. The molecule has 0 bridgehead atoms. The molecule has 1 aliphatic rings. The first-order valence-electron chi connectivity index (χ1n) is 6.89. The van der Waals surface area contributed by atoms with Crippen LogP contribution in [0.2, 0.25) is 0 Å². The lowest BCUT2D eigenvalue weighted by Crippen LogP contribution is -2.42. The highest BCUT2D eigenvalue weighted by molar-refractivity contribution is 14.0. The smallest absolute Gasteiger partial charge is 0.191 e. The lowest BCUT2D eigenvalue weighted by molar-refractivity contribution is 0.455. The van der Waals surface area contributed by atoms with E-state index in [0.717, 1.165) is 35.8 Å². The Balaban J connectivity index is 0.00000176. The van der Waals surface area contributed by atoms with E-state index in [9.17, 15) is 0 Å². The van der Waals surface area contributed by atoms with Gasteiger partial charge >= 0.3 is 0 Å². The SMILES string of the molecule is I.NC(=NCc1cccc(-n2cncn2)c1)N1CCSCC1. The largest absolute Gasteiger partial charge is 0.370 e. The molecule has 6 nitrogen and oxygen atoms in total. The molecule has 3 rings (SSSR count). The van der Waals surface area contributed by atoms with Gasteiger partial charge in [-0.05, 0) is 17.7 Å². The van der Waals surface area contributed by atoms with Gasteiger partial charge in [0, 0.05) is 24.6 Å². The van der Waals surface area contributed by atoms with Crippen molar-refractivity contribution in [3.8, 4) is 5.69 Å². The lowest BCUT2D eigenvalue weighted by atomic mass is 10.2. The van der Waals surface area contributed by atoms with Crippen LogP contribution in [-0.2, 0) is 6.54 Å². The summed E-state index contributed by atoms with van der Waals surface area (Å²) in [6, 6.07) is 8.09. The number of nitrogens with zero attached hydrogens (tertiary/aromatic N) is 5. The van der Waals surface area contributed by atoms with Crippen LogP contribution in [0.4, 0.5) is 0 Å². The van der Waals surface area contributed by atoms with Gasteiger partial charge in [0.2, 0.25) is 0 Å². The van der Waals surface area contributed by atoms with Gasteiger partial charge in [0.1, 0.15) is 12.7 Å². The van der Waals surface area contributed by atoms with E-state index >= 15 is 0 Å². The number of aromatic nitrogens is 3. The minimum absolute atomic E-state index is 0. The van der Waals surface area contributed by atoms with E-state index in [2.05, 4.69) is 26.0 Å². The molecule has 1 aromatic carbocycles. The van der Waals surface area contributed by atoms with E-state index in [0.29, 0.717) is 12.5 Å². The summed E-state index contributed by atoms with van der Waals surface area (Å²) in [6.45, 7) is 2.55. The molecule has 2 heterocycles. The summed E-state index contributed by atoms with van der Waals surface area (Å²) in [5.41, 5.74) is 8.16. The van der Waals surface area contributed by atoms with Crippen molar-refractivity contribution in [3.05, 3.63) is 42.5 Å². The number of hydrogen-bond donors (Lipinski definition) is 1. The minimum Gasteiger partial charge on any atom is -0.370 e. The molecular formula is C14H19IN6S. The maximum atomic E-state index is 6.07. The van der Waals surface area contributed by atoms with Crippen molar-refractivity contribution in [2.45, 2.75) is 6.54 Å². The fraction of sp³-hybridized carbons (Fsp3) is 0.357. The molecule has 1 fully saturated rings. The van der Waals surface area contributed by atoms with Crippen molar-refractivity contribution in [2.24, 2.45) is 10.7 Å². The molecule has 8 heteroatoms. The van der Waals surface area contributed by atoms with Gasteiger partial charge in [0.25, 0.3) is 0 Å². The Morgan fingerprint density at radius 3 is 2.86 bits per heavy atom. The Bertz CT molecular complexity index is 610. The molecule has 118 valence electrons. The van der Waals surface area contributed by atoms with Crippen LogP contribution < -0.4 is 5.73 Å². The van der Waals surface area contributed by atoms with Gasteiger partial charge in [-0.1, -0.05) is 12.1 Å². The van der Waals surface area contributed by atoms with Crippen molar-refractivity contribution in [1.82, 2.24) is 19.7 Å². The number of nitrogens with two attached hydrogens (primary N) is 1. The van der Waals surface area contributed by atoms with Crippen LogP contribution in [0, 0.1) is 0 Å². The summed E-state index contributed by atoms with van der Waals surface area (Å²) in [5.74, 6) is 2.89. The zero-order chi connectivity index (χ0) is 14.5. The number of hydrogen-bond acceptors (Lipinski definition) is 4. The molecule has 1 aliphatic heterocycles. The molecule has 1 aromatic heterocycles. The highest BCUT2D eigenvalue weighted by Gasteiger charge is 2.11. The van der Waals surface area contributed by atoms with Gasteiger partial charge < -0.3 is 10.6 Å². The van der Waals surface area contributed by atoms with E-state index < -0.39 is 0 Å². The second kappa shape index (κ2) is 8.37. The third-order valence-corrected chi connectivity index (χ3v) is 4.30. The molecule has 0 saturated carbocycles. The fourth-order valence-corrected chi connectivity index (χ4v) is 3.11. The molecule has 0 aliphatic carbocycles. The van der Waals surface area contributed by atoms with E-state index in [-0.39, 0.29) is 24.0 Å². The number of thioether (sulfide) groups is 1. The summed E-state index contributed by atoms with van der Waals surface area (Å²) in [4.78, 5) is 10.6. The van der Waals surface area contributed by atoms with Gasteiger partial charge in [0.15, 0.2) is 5.96 Å². The Hall–Kier alpha value is -1.29. The monoisotopic (exact) mass is 430 g/mol. The maximum Gasteiger partial charge on any atom is 0.191 e. The van der Waals surface area contributed by atoms with Crippen LogP contribution in [0.15, 0.2) is 41.9 Å². The van der Waals surface area contributed by atoms with Crippen LogP contribution in [-0.4, -0.2) is 50.2 Å². The minimum atomic E-state index is 0. The van der Waals surface area contributed by atoms with Crippen molar-refractivity contribution in [1.29, 1.82) is 0 Å². The number of guanidine groups is 1. The quantitative estimate of drug-likeness (QED) is 0.457. The summed E-state index contributed by atoms with van der Waals surface area (Å²) < 4.78 is 1.73. The molecule has 2 N–H and O–H groups in total. The predicted octanol–water partition coefficient (Wildman–Crippen LogP) is 1.75. The second-order valence-electron chi connectivity index (χ2n) is 4.78. The molecule has 0 radical (unpaired) electrons. The average molecular weight is 430 g/mol. The molecule has 0 spiro atoms. The summed E-state index contributed by atoms with van der Waals surface area (Å²) in [6.07, 6.45) is 3.21. The van der Waals surface area contributed by atoms with Crippen LogP contribution in [0.3, 0.4) is 0 Å². The van der Waals surface area contributed by atoms with Gasteiger partial charge in [-0.25, -0.2) is 14.7 Å². The standard InChI is InChI=1S/C14H18N6S.HI/c15-14(19-4-6-21-7-5-19)17-9-12-2-1-3-13(8-12)20-11-16-10-18-20;/h1-3,8,10-11H,4-7,9H2,(H2,15,17);1H. The molecule has 1 saturated heterocycles. The highest BCUT2D eigenvalue weighted by atomic mass is 127. The van der Waals surface area contributed by atoms with Crippen molar-refractivity contribution >= 4 is 41.7 Å². The van der Waals surface area contributed by atoms with E-state index in [1.54, 1.807) is 11.0 Å². The Morgan fingerprint density at radius 2 is 2.14 bits per heavy atom. The second-order valence-corrected chi connectivity index (χ2v) is 6.01. The zero-order valence-electron chi connectivity index (χ0n) is 12.1. The summed E-state index contributed by atoms with van der Waals surface area (Å²) >= 11 is 1.96. The van der Waals surface area contributed by atoms with Gasteiger partial charge in [0.05, 0.1) is 12.2 Å². The van der Waals surface area contributed by atoms with Crippen molar-refractivity contribution < 1.29 is 0 Å². The first-order valence-corrected chi connectivity index (χ1v) is 8.05. The normalized spacial score (nSPS) is 15.5. The molecule has 0 unspecified atom stereocenters. The Kier molecular flexibility index (Phi) is 6.49. The molecule has 0 atom stereocenters. The van der Waals surface area contributed by atoms with Gasteiger partial charge in [-0.15, -0.1) is 24.0 Å².